The molecule has 2 aliphatic rings. The number of carbonyl (C=O) groups excluding carboxylic acids is 2. The number of ketones is 1. The van der Waals surface area contributed by atoms with Crippen LogP contribution in [0.4, 0.5) is 5.69 Å². The molecule has 10 heteroatoms. The topological polar surface area (TPSA) is 124 Å². The number of methoxy groups -OCH3 is 1. The molecule has 0 unspecified atom stereocenters. The minimum Gasteiger partial charge on any atom is -0.467 e. The zero-order chi connectivity index (χ0) is 18.4. The van der Waals surface area contributed by atoms with Crippen LogP contribution in [-0.4, -0.2) is 42.6 Å². The molecule has 132 valence electrons. The number of nitrogens with zero attached hydrogens (tertiary/aromatic N) is 2. The van der Waals surface area contributed by atoms with Crippen LogP contribution in [-0.2, 0) is 24.3 Å². The van der Waals surface area contributed by atoms with Crippen molar-refractivity contribution in [1.82, 2.24) is 4.31 Å². The monoisotopic (exact) mass is 366 g/mol. The maximum absolute atomic E-state index is 13.0. The first kappa shape index (κ1) is 17.1. The molecule has 1 saturated heterocycles. The predicted molar refractivity (Wildman–Crippen MR) is 83.7 cm³/mol. The van der Waals surface area contributed by atoms with Gasteiger partial charge in [0, 0.05) is 36.2 Å². The Kier molecular flexibility index (Phi) is 4.07. The molecule has 0 bridgehead atoms. The van der Waals surface area contributed by atoms with Gasteiger partial charge in [0.15, 0.2) is 5.78 Å². The number of non-ortho nitro benzene ring substituents is 1. The summed E-state index contributed by atoms with van der Waals surface area (Å²) in [4.78, 5) is 33.6. The van der Waals surface area contributed by atoms with Gasteiger partial charge in [-0.05, 0) is 18.6 Å². The molecule has 1 aliphatic carbocycles. The normalized spacial score (nSPS) is 22.5. The smallest absolute Gasteiger partial charge is 0.329 e. The summed E-state index contributed by atoms with van der Waals surface area (Å²) in [5.41, 5.74) is 0.0109. The number of nitro groups is 1. The number of hydrogen-bond acceptors (Lipinski definition) is 7. The Labute approximate surface area is 143 Å². The van der Waals surface area contributed by atoms with Gasteiger partial charge in [0.05, 0.1) is 16.9 Å². The van der Waals surface area contributed by atoms with Crippen LogP contribution in [0.3, 0.4) is 0 Å². The van der Waals surface area contributed by atoms with E-state index in [9.17, 15) is 28.1 Å². The van der Waals surface area contributed by atoms with Gasteiger partial charge in [-0.2, -0.15) is 0 Å². The first-order chi connectivity index (χ1) is 11.8. The molecular weight excluding hydrogens is 352 g/mol. The molecule has 1 aliphatic heterocycles. The highest BCUT2D eigenvalue weighted by molar-refractivity contribution is 7.89. The number of carbonyl (C=O) groups is 2. The molecule has 1 aromatic carbocycles. The second-order valence-electron chi connectivity index (χ2n) is 5.76. The Morgan fingerprint density at radius 3 is 2.52 bits per heavy atom. The maximum atomic E-state index is 13.0. The molecular formula is C15H14N2O7S. The zero-order valence-electron chi connectivity index (χ0n) is 13.1. The molecule has 1 fully saturated rings. The van der Waals surface area contributed by atoms with Crippen LogP contribution in [0.2, 0.25) is 0 Å². The van der Waals surface area contributed by atoms with E-state index in [4.69, 9.17) is 4.74 Å². The average molecular weight is 366 g/mol. The van der Waals surface area contributed by atoms with Crippen LogP contribution in [0.15, 0.2) is 40.9 Å². The van der Waals surface area contributed by atoms with Crippen molar-refractivity contribution in [2.24, 2.45) is 5.92 Å². The van der Waals surface area contributed by atoms with Crippen LogP contribution >= 0.6 is 0 Å². The van der Waals surface area contributed by atoms with Crippen molar-refractivity contribution in [3.63, 3.8) is 0 Å². The highest BCUT2D eigenvalue weighted by Gasteiger charge is 2.49. The number of nitro benzene ring substituents is 1. The van der Waals surface area contributed by atoms with Gasteiger partial charge in [0.2, 0.25) is 0 Å². The second-order valence-corrected chi connectivity index (χ2v) is 7.58. The Balaban J connectivity index is 2.05. The Morgan fingerprint density at radius 1 is 1.32 bits per heavy atom. The lowest BCUT2D eigenvalue weighted by atomic mass is 10.0. The van der Waals surface area contributed by atoms with Gasteiger partial charge < -0.3 is 4.74 Å². The molecule has 0 saturated carbocycles. The molecule has 0 aromatic heterocycles. The summed E-state index contributed by atoms with van der Waals surface area (Å²) in [6.07, 6.45) is 1.54. The van der Waals surface area contributed by atoms with Gasteiger partial charge in [-0.1, -0.05) is 0 Å². The van der Waals surface area contributed by atoms with Gasteiger partial charge in [-0.3, -0.25) is 19.2 Å². The lowest BCUT2D eigenvalue weighted by Crippen LogP contribution is -2.40. The Bertz CT molecular complexity index is 889. The van der Waals surface area contributed by atoms with Gasteiger partial charge in [0.25, 0.3) is 15.7 Å². The Hall–Kier alpha value is -2.75. The summed E-state index contributed by atoms with van der Waals surface area (Å²) in [6.45, 7) is 0. The maximum Gasteiger partial charge on any atom is 0.329 e. The molecule has 1 heterocycles. The molecule has 25 heavy (non-hydrogen) atoms. The van der Waals surface area contributed by atoms with Gasteiger partial charge in [-0.25, -0.2) is 13.2 Å². The number of allylic oxidation sites excluding steroid dienone is 2. The third-order valence-electron chi connectivity index (χ3n) is 4.30. The number of sulfonamides is 1. The second kappa shape index (κ2) is 5.96. The van der Waals surface area contributed by atoms with E-state index in [1.54, 1.807) is 0 Å². The summed E-state index contributed by atoms with van der Waals surface area (Å²) in [5.74, 6) is -1.27. The van der Waals surface area contributed by atoms with E-state index in [2.05, 4.69) is 0 Å². The molecule has 9 nitrogen and oxygen atoms in total. The fourth-order valence-corrected chi connectivity index (χ4v) is 4.86. The summed E-state index contributed by atoms with van der Waals surface area (Å²) in [6, 6.07) is 3.29. The quantitative estimate of drug-likeness (QED) is 0.442. The van der Waals surface area contributed by atoms with Gasteiger partial charge in [-0.15, -0.1) is 0 Å². The van der Waals surface area contributed by atoms with Crippen molar-refractivity contribution in [2.45, 2.75) is 23.8 Å². The minimum absolute atomic E-state index is 0.148. The largest absolute Gasteiger partial charge is 0.467 e. The van der Waals surface area contributed by atoms with E-state index in [1.807, 2.05) is 0 Å². The molecule has 3 rings (SSSR count). The van der Waals surface area contributed by atoms with Crippen molar-refractivity contribution in [2.75, 3.05) is 7.11 Å². The van der Waals surface area contributed by atoms with Gasteiger partial charge >= 0.3 is 5.97 Å². The van der Waals surface area contributed by atoms with Crippen molar-refractivity contribution in [3.8, 4) is 0 Å². The summed E-state index contributed by atoms with van der Waals surface area (Å²) >= 11 is 0. The lowest BCUT2D eigenvalue weighted by Gasteiger charge is -2.25. The van der Waals surface area contributed by atoms with Crippen molar-refractivity contribution in [1.29, 1.82) is 0 Å². The van der Waals surface area contributed by atoms with Crippen LogP contribution in [0.25, 0.3) is 0 Å². The molecule has 0 N–H and O–H groups in total. The number of esters is 1. The number of fused-ring (bicyclic) bond motifs is 1. The fourth-order valence-electron chi connectivity index (χ4n) is 3.17. The SMILES string of the molecule is COC(=O)[C@@H]1C[C@@H]2CC(=O)C=C2N1S(=O)(=O)c1ccc([N+](=O)[O-])cc1. The Morgan fingerprint density at radius 2 is 1.96 bits per heavy atom. The lowest BCUT2D eigenvalue weighted by molar-refractivity contribution is -0.384. The molecule has 1 aromatic rings. The first-order valence-electron chi connectivity index (χ1n) is 7.37. The van der Waals surface area contributed by atoms with Gasteiger partial charge in [0.1, 0.15) is 6.04 Å². The fraction of sp³-hybridized carbons (Fsp3) is 0.333. The van der Waals surface area contributed by atoms with E-state index >= 15 is 0 Å². The van der Waals surface area contributed by atoms with E-state index in [0.717, 1.165) is 35.7 Å². The zero-order valence-corrected chi connectivity index (χ0v) is 13.9. The van der Waals surface area contributed by atoms with E-state index in [0.29, 0.717) is 0 Å². The predicted octanol–water partition coefficient (Wildman–Crippen LogP) is 1.00. The summed E-state index contributed by atoms with van der Waals surface area (Å²) < 4.78 is 31.6. The number of rotatable bonds is 4. The standard InChI is InChI=1S/C15H14N2O7S/c1-24-15(19)14-7-9-6-11(18)8-13(9)16(14)25(22,23)12-4-2-10(3-5-12)17(20)21/h2-5,8-9,14H,6-7H2,1H3/t9-,14-/m0/s1. The third kappa shape index (κ3) is 2.78. The van der Waals surface area contributed by atoms with Crippen LogP contribution in [0, 0.1) is 16.0 Å². The van der Waals surface area contributed by atoms with E-state index in [-0.39, 0.29) is 40.8 Å². The number of benzene rings is 1. The third-order valence-corrected chi connectivity index (χ3v) is 6.15. The summed E-state index contributed by atoms with van der Waals surface area (Å²) in [7, 11) is -3.01. The van der Waals surface area contributed by atoms with Crippen molar-refractivity contribution >= 4 is 27.5 Å². The van der Waals surface area contributed by atoms with Crippen LogP contribution in [0.1, 0.15) is 12.8 Å². The summed E-state index contributed by atoms with van der Waals surface area (Å²) in [5, 5.41) is 10.7. The van der Waals surface area contributed by atoms with Crippen molar-refractivity contribution in [3.05, 3.63) is 46.2 Å². The highest BCUT2D eigenvalue weighted by atomic mass is 32.2. The van der Waals surface area contributed by atoms with Crippen LogP contribution in [0.5, 0.6) is 0 Å². The van der Waals surface area contributed by atoms with Crippen LogP contribution < -0.4 is 0 Å². The van der Waals surface area contributed by atoms with Crippen molar-refractivity contribution < 1.29 is 27.7 Å². The number of ether oxygens (including phenoxy) is 1. The first-order valence-corrected chi connectivity index (χ1v) is 8.81. The molecule has 0 amide bonds. The minimum atomic E-state index is -4.17. The number of hydrogen-bond donors (Lipinski definition) is 0. The molecule has 2 atom stereocenters. The van der Waals surface area contributed by atoms with E-state index < -0.39 is 27.0 Å². The molecule has 0 spiro atoms. The highest BCUT2D eigenvalue weighted by Crippen LogP contribution is 2.43. The average Bonchev–Trinajstić information content (AvgIpc) is 3.09. The molecule has 0 radical (unpaired) electrons. The van der Waals surface area contributed by atoms with E-state index in [1.165, 1.54) is 6.08 Å².